The Labute approximate surface area is 113 Å². The number of thiazole rings is 1. The minimum Gasteiger partial charge on any atom is -0.481 e. The van der Waals surface area contributed by atoms with Gasteiger partial charge in [-0.25, -0.2) is 4.98 Å². The smallest absolute Gasteiger partial charge is 0.303 e. The molecule has 7 heteroatoms. The van der Waals surface area contributed by atoms with Crippen LogP contribution in [0.15, 0.2) is 29.9 Å². The summed E-state index contributed by atoms with van der Waals surface area (Å²) >= 11 is 1.27. The van der Waals surface area contributed by atoms with E-state index in [9.17, 15) is 9.59 Å². The highest BCUT2D eigenvalue weighted by molar-refractivity contribution is 7.13. The molecule has 6 nitrogen and oxygen atoms in total. The van der Waals surface area contributed by atoms with E-state index in [0.29, 0.717) is 22.8 Å². The summed E-state index contributed by atoms with van der Waals surface area (Å²) in [5.74, 6) is -1.13. The van der Waals surface area contributed by atoms with Crippen molar-refractivity contribution in [3.05, 3.63) is 41.2 Å². The second-order valence-electron chi connectivity index (χ2n) is 3.73. The monoisotopic (exact) mass is 277 g/mol. The second kappa shape index (κ2) is 6.05. The van der Waals surface area contributed by atoms with Crippen LogP contribution in [0.25, 0.3) is 0 Å². The Bertz CT molecular complexity index is 583. The van der Waals surface area contributed by atoms with Crippen molar-refractivity contribution in [2.75, 3.05) is 5.32 Å². The van der Waals surface area contributed by atoms with Crippen molar-refractivity contribution in [3.8, 4) is 0 Å². The molecule has 0 aliphatic rings. The van der Waals surface area contributed by atoms with Gasteiger partial charge in [0.25, 0.3) is 5.91 Å². The average Bonchev–Trinajstić information content (AvgIpc) is 2.85. The van der Waals surface area contributed by atoms with Gasteiger partial charge in [-0.15, -0.1) is 11.3 Å². The first-order valence-corrected chi connectivity index (χ1v) is 6.40. The number of nitrogens with zero attached hydrogens (tertiary/aromatic N) is 2. The lowest BCUT2D eigenvalue weighted by atomic mass is 10.2. The highest BCUT2D eigenvalue weighted by Crippen LogP contribution is 2.17. The van der Waals surface area contributed by atoms with Gasteiger partial charge in [-0.1, -0.05) is 0 Å². The number of carbonyl (C=O) groups excluding carboxylic acids is 1. The number of carbonyl (C=O) groups is 2. The quantitative estimate of drug-likeness (QED) is 0.869. The summed E-state index contributed by atoms with van der Waals surface area (Å²) in [6, 6.07) is 3.21. The largest absolute Gasteiger partial charge is 0.481 e. The molecule has 19 heavy (non-hydrogen) atoms. The van der Waals surface area contributed by atoms with Crippen LogP contribution in [0.1, 0.15) is 22.5 Å². The lowest BCUT2D eigenvalue weighted by molar-refractivity contribution is -0.136. The van der Waals surface area contributed by atoms with Gasteiger partial charge in [-0.3, -0.25) is 19.9 Å². The van der Waals surface area contributed by atoms with Gasteiger partial charge in [0.2, 0.25) is 0 Å². The van der Waals surface area contributed by atoms with Crippen LogP contribution in [0.2, 0.25) is 0 Å². The topological polar surface area (TPSA) is 92.2 Å². The van der Waals surface area contributed by atoms with Crippen LogP contribution in [-0.2, 0) is 11.2 Å². The molecule has 1 amide bonds. The molecule has 0 fully saturated rings. The zero-order valence-corrected chi connectivity index (χ0v) is 10.7. The van der Waals surface area contributed by atoms with Crippen LogP contribution in [0.3, 0.4) is 0 Å². The number of hydrogen-bond acceptors (Lipinski definition) is 5. The lowest BCUT2D eigenvalue weighted by Gasteiger charge is -2.00. The van der Waals surface area contributed by atoms with E-state index in [-0.39, 0.29) is 12.3 Å². The van der Waals surface area contributed by atoms with Gasteiger partial charge in [0.05, 0.1) is 12.1 Å². The SMILES string of the molecule is O=C(O)CCc1csc(NC(=O)c2ccncc2)n1. The maximum atomic E-state index is 11.8. The average molecular weight is 277 g/mol. The molecule has 0 aromatic carbocycles. The molecule has 0 atom stereocenters. The number of anilines is 1. The van der Waals surface area contributed by atoms with Gasteiger partial charge in [0.15, 0.2) is 5.13 Å². The Hall–Kier alpha value is -2.28. The molecule has 0 saturated heterocycles. The Morgan fingerprint density at radius 2 is 2.05 bits per heavy atom. The predicted octanol–water partition coefficient (Wildman–Crippen LogP) is 1.81. The molecule has 2 aromatic rings. The summed E-state index contributed by atoms with van der Waals surface area (Å²) < 4.78 is 0. The van der Waals surface area contributed by atoms with Crippen molar-refractivity contribution >= 4 is 28.3 Å². The number of carboxylic acids is 1. The van der Waals surface area contributed by atoms with Gasteiger partial charge < -0.3 is 5.11 Å². The third-order valence-corrected chi connectivity index (χ3v) is 3.12. The van der Waals surface area contributed by atoms with Crippen molar-refractivity contribution in [2.24, 2.45) is 0 Å². The number of rotatable bonds is 5. The lowest BCUT2D eigenvalue weighted by Crippen LogP contribution is -2.11. The molecule has 2 rings (SSSR count). The summed E-state index contributed by atoms with van der Waals surface area (Å²) in [5, 5.41) is 13.4. The van der Waals surface area contributed by atoms with Crippen molar-refractivity contribution in [1.29, 1.82) is 0 Å². The fourth-order valence-corrected chi connectivity index (χ4v) is 2.13. The van der Waals surface area contributed by atoms with E-state index in [2.05, 4.69) is 15.3 Å². The summed E-state index contributed by atoms with van der Waals surface area (Å²) in [5.41, 5.74) is 1.16. The van der Waals surface area contributed by atoms with Gasteiger partial charge in [0.1, 0.15) is 0 Å². The first kappa shape index (κ1) is 13.2. The van der Waals surface area contributed by atoms with Crippen molar-refractivity contribution < 1.29 is 14.7 Å². The standard InChI is InChI=1S/C12H11N3O3S/c16-10(17)2-1-9-7-19-12(14-9)15-11(18)8-3-5-13-6-4-8/h3-7H,1-2H2,(H,16,17)(H,14,15,18). The predicted molar refractivity (Wildman–Crippen MR) is 70.3 cm³/mol. The van der Waals surface area contributed by atoms with Gasteiger partial charge in [0, 0.05) is 29.8 Å². The van der Waals surface area contributed by atoms with Crippen LogP contribution < -0.4 is 5.32 Å². The zero-order chi connectivity index (χ0) is 13.7. The molecule has 98 valence electrons. The molecule has 2 heterocycles. The molecule has 0 saturated carbocycles. The Balaban J connectivity index is 1.96. The molecule has 0 bridgehead atoms. The zero-order valence-electron chi connectivity index (χ0n) is 9.87. The fourth-order valence-electron chi connectivity index (χ4n) is 1.39. The molecule has 0 aliphatic carbocycles. The molecule has 2 N–H and O–H groups in total. The molecular formula is C12H11N3O3S. The summed E-state index contributed by atoms with van der Waals surface area (Å²) in [4.78, 5) is 30.3. The number of hydrogen-bond donors (Lipinski definition) is 2. The Morgan fingerprint density at radius 1 is 1.32 bits per heavy atom. The first-order valence-electron chi connectivity index (χ1n) is 5.53. The number of aliphatic carboxylic acids is 1. The van der Waals surface area contributed by atoms with E-state index in [4.69, 9.17) is 5.11 Å². The van der Waals surface area contributed by atoms with Crippen molar-refractivity contribution in [2.45, 2.75) is 12.8 Å². The van der Waals surface area contributed by atoms with Crippen LogP contribution >= 0.6 is 11.3 Å². The summed E-state index contributed by atoms with van der Waals surface area (Å²) in [6.45, 7) is 0. The number of aromatic nitrogens is 2. The van der Waals surface area contributed by atoms with Crippen LogP contribution in [0.4, 0.5) is 5.13 Å². The van der Waals surface area contributed by atoms with E-state index < -0.39 is 5.97 Å². The van der Waals surface area contributed by atoms with Gasteiger partial charge in [-0.05, 0) is 12.1 Å². The van der Waals surface area contributed by atoms with Crippen molar-refractivity contribution in [1.82, 2.24) is 9.97 Å². The molecule has 0 unspecified atom stereocenters. The molecule has 0 aliphatic heterocycles. The van der Waals surface area contributed by atoms with Crippen LogP contribution in [-0.4, -0.2) is 27.0 Å². The highest BCUT2D eigenvalue weighted by atomic mass is 32.1. The normalized spacial score (nSPS) is 10.1. The van der Waals surface area contributed by atoms with Crippen LogP contribution in [0, 0.1) is 0 Å². The van der Waals surface area contributed by atoms with Crippen molar-refractivity contribution in [3.63, 3.8) is 0 Å². The third-order valence-electron chi connectivity index (χ3n) is 2.31. The van der Waals surface area contributed by atoms with E-state index in [1.807, 2.05) is 0 Å². The van der Waals surface area contributed by atoms with E-state index in [1.165, 1.54) is 23.7 Å². The molecular weight excluding hydrogens is 266 g/mol. The minimum absolute atomic E-state index is 0.0292. The summed E-state index contributed by atoms with van der Waals surface area (Å²) in [7, 11) is 0. The highest BCUT2D eigenvalue weighted by Gasteiger charge is 2.09. The molecule has 0 radical (unpaired) electrons. The number of pyridine rings is 1. The van der Waals surface area contributed by atoms with Gasteiger partial charge in [-0.2, -0.15) is 0 Å². The van der Waals surface area contributed by atoms with Crippen LogP contribution in [0.5, 0.6) is 0 Å². The van der Waals surface area contributed by atoms with E-state index in [1.54, 1.807) is 17.5 Å². The number of amides is 1. The second-order valence-corrected chi connectivity index (χ2v) is 4.59. The van der Waals surface area contributed by atoms with Gasteiger partial charge >= 0.3 is 5.97 Å². The maximum absolute atomic E-state index is 11.8. The minimum atomic E-state index is -0.865. The number of nitrogens with one attached hydrogen (secondary N) is 1. The third kappa shape index (κ3) is 3.85. The fraction of sp³-hybridized carbons (Fsp3) is 0.167. The number of carboxylic acid groups (broad SMARTS) is 1. The van der Waals surface area contributed by atoms with E-state index in [0.717, 1.165) is 0 Å². The first-order chi connectivity index (χ1) is 9.15. The number of aryl methyl sites for hydroxylation is 1. The Kier molecular flexibility index (Phi) is 4.19. The molecule has 2 aromatic heterocycles. The Morgan fingerprint density at radius 3 is 2.74 bits per heavy atom. The molecule has 0 spiro atoms. The van der Waals surface area contributed by atoms with E-state index >= 15 is 0 Å². The summed E-state index contributed by atoms with van der Waals surface area (Å²) in [6.07, 6.45) is 3.46. The maximum Gasteiger partial charge on any atom is 0.303 e.